The van der Waals surface area contributed by atoms with Gasteiger partial charge in [0.15, 0.2) is 0 Å². The van der Waals surface area contributed by atoms with Crippen molar-refractivity contribution in [3.63, 3.8) is 0 Å². The van der Waals surface area contributed by atoms with E-state index in [0.29, 0.717) is 31.2 Å². The third-order valence-corrected chi connectivity index (χ3v) is 2.82. The molecule has 0 bridgehead atoms. The smallest absolute Gasteiger partial charge is 0.251 e. The maximum absolute atomic E-state index is 11.8. The fraction of sp³-hybridized carbons (Fsp3) is 0.533. The summed E-state index contributed by atoms with van der Waals surface area (Å²) in [4.78, 5) is 11.8. The van der Waals surface area contributed by atoms with Crippen molar-refractivity contribution in [2.45, 2.75) is 26.8 Å². The summed E-state index contributed by atoms with van der Waals surface area (Å²) in [6.45, 7) is 6.66. The molecule has 0 heterocycles. The first kappa shape index (κ1) is 15.7. The maximum atomic E-state index is 11.8. The molecule has 0 aliphatic rings. The van der Waals surface area contributed by atoms with Crippen LogP contribution in [0.4, 0.5) is 0 Å². The molecule has 0 radical (unpaired) electrons. The van der Waals surface area contributed by atoms with Gasteiger partial charge in [0.1, 0.15) is 0 Å². The number of nitrogens with two attached hydrogens (primary N) is 1. The van der Waals surface area contributed by atoms with E-state index in [-0.39, 0.29) is 5.91 Å². The lowest BCUT2D eigenvalue weighted by Gasteiger charge is -2.08. The molecule has 0 saturated carbocycles. The Labute approximate surface area is 115 Å². The Morgan fingerprint density at radius 3 is 2.53 bits per heavy atom. The molecule has 3 N–H and O–H groups in total. The predicted molar refractivity (Wildman–Crippen MR) is 76.9 cm³/mol. The molecule has 1 aromatic rings. The van der Waals surface area contributed by atoms with E-state index in [1.807, 2.05) is 12.1 Å². The van der Waals surface area contributed by atoms with Gasteiger partial charge in [0.25, 0.3) is 5.91 Å². The molecule has 0 unspecified atom stereocenters. The summed E-state index contributed by atoms with van der Waals surface area (Å²) in [6, 6.07) is 7.32. The van der Waals surface area contributed by atoms with Gasteiger partial charge < -0.3 is 15.8 Å². The van der Waals surface area contributed by atoms with Crippen molar-refractivity contribution in [1.29, 1.82) is 0 Å². The van der Waals surface area contributed by atoms with Crippen LogP contribution < -0.4 is 11.1 Å². The normalized spacial score (nSPS) is 10.7. The van der Waals surface area contributed by atoms with Crippen LogP contribution in [0.25, 0.3) is 0 Å². The second kappa shape index (κ2) is 8.67. The van der Waals surface area contributed by atoms with Gasteiger partial charge in [-0.05, 0) is 30.0 Å². The SMILES string of the molecule is CC(C)CCOCCNC(=O)c1ccc(CN)cc1. The van der Waals surface area contributed by atoms with Gasteiger partial charge in [0.05, 0.1) is 6.61 Å². The second-order valence-corrected chi connectivity index (χ2v) is 4.95. The van der Waals surface area contributed by atoms with Crippen molar-refractivity contribution in [1.82, 2.24) is 5.32 Å². The molecule has 0 atom stereocenters. The number of nitrogens with one attached hydrogen (secondary N) is 1. The summed E-state index contributed by atoms with van der Waals surface area (Å²) in [5.74, 6) is 0.576. The molecular formula is C15H24N2O2. The summed E-state index contributed by atoms with van der Waals surface area (Å²) < 4.78 is 5.44. The van der Waals surface area contributed by atoms with Crippen LogP contribution in [0.3, 0.4) is 0 Å². The summed E-state index contributed by atoms with van der Waals surface area (Å²) in [7, 11) is 0. The molecule has 0 aromatic heterocycles. The molecule has 1 amide bonds. The zero-order valence-corrected chi connectivity index (χ0v) is 11.8. The van der Waals surface area contributed by atoms with Gasteiger partial charge >= 0.3 is 0 Å². The Balaban J connectivity index is 2.20. The highest BCUT2D eigenvalue weighted by molar-refractivity contribution is 5.94. The monoisotopic (exact) mass is 264 g/mol. The highest BCUT2D eigenvalue weighted by atomic mass is 16.5. The van der Waals surface area contributed by atoms with Crippen LogP contribution >= 0.6 is 0 Å². The van der Waals surface area contributed by atoms with Crippen LogP contribution in [0.1, 0.15) is 36.2 Å². The summed E-state index contributed by atoms with van der Waals surface area (Å²) in [5.41, 5.74) is 7.18. The standard InChI is InChI=1S/C15H24N2O2/c1-12(2)7-9-19-10-8-17-15(18)14-5-3-13(11-16)4-6-14/h3-6,12H,7-11,16H2,1-2H3,(H,17,18). The third kappa shape index (κ3) is 6.36. The van der Waals surface area contributed by atoms with E-state index >= 15 is 0 Å². The molecule has 0 spiro atoms. The zero-order valence-electron chi connectivity index (χ0n) is 11.8. The lowest BCUT2D eigenvalue weighted by atomic mass is 10.1. The van der Waals surface area contributed by atoms with Gasteiger partial charge in [-0.3, -0.25) is 4.79 Å². The van der Waals surface area contributed by atoms with Crippen molar-refractivity contribution in [3.8, 4) is 0 Å². The van der Waals surface area contributed by atoms with Crippen LogP contribution in [0.5, 0.6) is 0 Å². The summed E-state index contributed by atoms with van der Waals surface area (Å²) in [5, 5.41) is 2.83. The number of carbonyl (C=O) groups excluding carboxylic acids is 1. The van der Waals surface area contributed by atoms with Crippen LogP contribution in [0, 0.1) is 5.92 Å². The average Bonchev–Trinajstić information content (AvgIpc) is 2.42. The van der Waals surface area contributed by atoms with Crippen molar-refractivity contribution in [2.24, 2.45) is 11.7 Å². The Bertz CT molecular complexity index is 374. The highest BCUT2D eigenvalue weighted by Gasteiger charge is 2.04. The topological polar surface area (TPSA) is 64.3 Å². The van der Waals surface area contributed by atoms with E-state index in [0.717, 1.165) is 18.6 Å². The maximum Gasteiger partial charge on any atom is 0.251 e. The van der Waals surface area contributed by atoms with Gasteiger partial charge in [0, 0.05) is 25.3 Å². The molecule has 4 nitrogen and oxygen atoms in total. The van der Waals surface area contributed by atoms with Gasteiger partial charge in [0.2, 0.25) is 0 Å². The Hall–Kier alpha value is -1.39. The zero-order chi connectivity index (χ0) is 14.1. The number of rotatable bonds is 8. The van der Waals surface area contributed by atoms with Crippen molar-refractivity contribution < 1.29 is 9.53 Å². The minimum absolute atomic E-state index is 0.0731. The molecule has 106 valence electrons. The number of ether oxygens (including phenoxy) is 1. The molecule has 0 fully saturated rings. The van der Waals surface area contributed by atoms with Crippen LogP contribution in [0.15, 0.2) is 24.3 Å². The van der Waals surface area contributed by atoms with E-state index in [1.165, 1.54) is 0 Å². The Morgan fingerprint density at radius 1 is 1.26 bits per heavy atom. The molecule has 4 heteroatoms. The fourth-order valence-electron chi connectivity index (χ4n) is 1.55. The quantitative estimate of drug-likeness (QED) is 0.705. The molecule has 0 aliphatic heterocycles. The first-order valence-electron chi connectivity index (χ1n) is 6.78. The average molecular weight is 264 g/mol. The predicted octanol–water partition coefficient (Wildman–Crippen LogP) is 1.94. The van der Waals surface area contributed by atoms with Gasteiger partial charge in [-0.15, -0.1) is 0 Å². The van der Waals surface area contributed by atoms with Crippen LogP contribution in [0.2, 0.25) is 0 Å². The highest BCUT2D eigenvalue weighted by Crippen LogP contribution is 2.03. The van der Waals surface area contributed by atoms with Crippen molar-refractivity contribution in [3.05, 3.63) is 35.4 Å². The fourth-order valence-corrected chi connectivity index (χ4v) is 1.55. The van der Waals surface area contributed by atoms with Gasteiger partial charge in [-0.2, -0.15) is 0 Å². The minimum Gasteiger partial charge on any atom is -0.380 e. The first-order chi connectivity index (χ1) is 9.13. The minimum atomic E-state index is -0.0731. The van der Waals surface area contributed by atoms with E-state index in [1.54, 1.807) is 12.1 Å². The number of hydrogen-bond donors (Lipinski definition) is 2. The van der Waals surface area contributed by atoms with E-state index < -0.39 is 0 Å². The first-order valence-corrected chi connectivity index (χ1v) is 6.78. The van der Waals surface area contributed by atoms with Gasteiger partial charge in [-0.25, -0.2) is 0 Å². The number of amides is 1. The Kier molecular flexibility index (Phi) is 7.15. The van der Waals surface area contributed by atoms with Gasteiger partial charge in [-0.1, -0.05) is 26.0 Å². The lowest BCUT2D eigenvalue weighted by Crippen LogP contribution is -2.27. The molecular weight excluding hydrogens is 240 g/mol. The van der Waals surface area contributed by atoms with Crippen LogP contribution in [-0.2, 0) is 11.3 Å². The molecule has 0 aliphatic carbocycles. The largest absolute Gasteiger partial charge is 0.380 e. The number of carbonyl (C=O) groups is 1. The number of hydrogen-bond acceptors (Lipinski definition) is 3. The summed E-state index contributed by atoms with van der Waals surface area (Å²) >= 11 is 0. The lowest BCUT2D eigenvalue weighted by molar-refractivity contribution is 0.0906. The molecule has 1 rings (SSSR count). The molecule has 1 aromatic carbocycles. The molecule has 19 heavy (non-hydrogen) atoms. The van der Waals surface area contributed by atoms with E-state index in [2.05, 4.69) is 19.2 Å². The Morgan fingerprint density at radius 2 is 1.95 bits per heavy atom. The van der Waals surface area contributed by atoms with E-state index in [4.69, 9.17) is 10.5 Å². The van der Waals surface area contributed by atoms with Crippen molar-refractivity contribution >= 4 is 5.91 Å². The van der Waals surface area contributed by atoms with E-state index in [9.17, 15) is 4.79 Å². The van der Waals surface area contributed by atoms with Crippen molar-refractivity contribution in [2.75, 3.05) is 19.8 Å². The van der Waals surface area contributed by atoms with Crippen LogP contribution in [-0.4, -0.2) is 25.7 Å². The third-order valence-electron chi connectivity index (χ3n) is 2.82. The number of benzene rings is 1. The summed E-state index contributed by atoms with van der Waals surface area (Å²) in [6.07, 6.45) is 1.05. The second-order valence-electron chi connectivity index (χ2n) is 4.95. The molecule has 0 saturated heterocycles.